The molecule has 2 aliphatic heterocycles. The molecule has 0 radical (unpaired) electrons. The largest absolute Gasteiger partial charge is 0.295 e. The fraction of sp³-hybridized carbons (Fsp3) is 0.615. The van der Waals surface area contributed by atoms with Crippen LogP contribution in [0.25, 0.3) is 0 Å². The van der Waals surface area contributed by atoms with Crippen molar-refractivity contribution in [1.29, 1.82) is 0 Å². The minimum absolute atomic E-state index is 0.291. The number of carbonyl (C=O) groups excluding carboxylic acids is 1. The highest BCUT2D eigenvalue weighted by Gasteiger charge is 2.55. The smallest absolute Gasteiger partial charge is 0.157 e. The standard InChI is InChI=1S/C13H15NO/c15-10-3-4-13-5-6-14(12(13)7-10)8-9-1-2-11(9)13/h3-4,12H,1-2,5-8H2/t12-,13-/m0/s1. The van der Waals surface area contributed by atoms with Crippen LogP contribution in [0.2, 0.25) is 0 Å². The maximum Gasteiger partial charge on any atom is 0.157 e. The summed E-state index contributed by atoms with van der Waals surface area (Å²) in [6, 6.07) is 0.508. The molecular weight excluding hydrogens is 186 g/mol. The van der Waals surface area contributed by atoms with E-state index in [0.717, 1.165) is 13.0 Å². The Labute approximate surface area is 89.6 Å². The van der Waals surface area contributed by atoms with Crippen molar-refractivity contribution in [3.63, 3.8) is 0 Å². The van der Waals surface area contributed by atoms with E-state index in [9.17, 15) is 4.79 Å². The van der Waals surface area contributed by atoms with Crippen molar-refractivity contribution in [2.75, 3.05) is 13.1 Å². The van der Waals surface area contributed by atoms with Gasteiger partial charge >= 0.3 is 0 Å². The maximum absolute atomic E-state index is 11.5. The van der Waals surface area contributed by atoms with E-state index in [4.69, 9.17) is 0 Å². The molecule has 4 rings (SSSR count). The molecule has 2 aliphatic carbocycles. The zero-order chi connectivity index (χ0) is 10.0. The van der Waals surface area contributed by atoms with Crippen molar-refractivity contribution in [1.82, 2.24) is 4.90 Å². The van der Waals surface area contributed by atoms with Crippen molar-refractivity contribution in [2.24, 2.45) is 5.41 Å². The molecule has 0 N–H and O–H groups in total. The summed E-state index contributed by atoms with van der Waals surface area (Å²) < 4.78 is 0. The van der Waals surface area contributed by atoms with Gasteiger partial charge in [-0.25, -0.2) is 0 Å². The van der Waals surface area contributed by atoms with E-state index in [0.29, 0.717) is 17.2 Å². The van der Waals surface area contributed by atoms with Gasteiger partial charge in [0.15, 0.2) is 5.78 Å². The molecule has 2 bridgehead atoms. The van der Waals surface area contributed by atoms with Crippen LogP contribution in [0.1, 0.15) is 25.7 Å². The minimum Gasteiger partial charge on any atom is -0.295 e. The monoisotopic (exact) mass is 201 g/mol. The van der Waals surface area contributed by atoms with Crippen LogP contribution in [-0.2, 0) is 4.79 Å². The molecule has 0 amide bonds. The van der Waals surface area contributed by atoms with Gasteiger partial charge in [0.05, 0.1) is 0 Å². The summed E-state index contributed by atoms with van der Waals surface area (Å²) in [7, 11) is 0. The van der Waals surface area contributed by atoms with Crippen LogP contribution in [0, 0.1) is 5.41 Å². The van der Waals surface area contributed by atoms with Gasteiger partial charge in [-0.1, -0.05) is 17.2 Å². The lowest BCUT2D eigenvalue weighted by Gasteiger charge is -2.49. The number of carbonyl (C=O) groups is 1. The summed E-state index contributed by atoms with van der Waals surface area (Å²) in [6.07, 6.45) is 8.68. The van der Waals surface area contributed by atoms with Gasteiger partial charge in [0, 0.05) is 31.0 Å². The quantitative estimate of drug-likeness (QED) is 0.556. The fourth-order valence-corrected chi connectivity index (χ4v) is 4.03. The van der Waals surface area contributed by atoms with Crippen LogP contribution in [-0.4, -0.2) is 29.8 Å². The molecule has 0 spiro atoms. The predicted octanol–water partition coefficient (Wildman–Crippen LogP) is 1.68. The van der Waals surface area contributed by atoms with Crippen molar-refractivity contribution in [3.05, 3.63) is 23.3 Å². The SMILES string of the molecule is O=C1C=C[C@]23CCN(CC4=C2CC4)[C@H]3C1. The highest BCUT2D eigenvalue weighted by molar-refractivity contribution is 5.92. The summed E-state index contributed by atoms with van der Waals surface area (Å²) in [5, 5.41) is 0. The molecule has 3 atom stereocenters. The average molecular weight is 201 g/mol. The van der Waals surface area contributed by atoms with Crippen LogP contribution < -0.4 is 0 Å². The van der Waals surface area contributed by atoms with E-state index >= 15 is 0 Å². The molecule has 1 unspecified atom stereocenters. The number of rotatable bonds is 0. The number of ketones is 1. The molecule has 2 heteroatoms. The third kappa shape index (κ3) is 0.832. The van der Waals surface area contributed by atoms with E-state index < -0.39 is 0 Å². The molecule has 0 aromatic heterocycles. The van der Waals surface area contributed by atoms with E-state index in [2.05, 4.69) is 11.0 Å². The van der Waals surface area contributed by atoms with Gasteiger partial charge in [0.25, 0.3) is 0 Å². The lowest BCUT2D eigenvalue weighted by Crippen LogP contribution is -2.50. The Kier molecular flexibility index (Phi) is 1.34. The molecule has 0 aromatic carbocycles. The molecule has 15 heavy (non-hydrogen) atoms. The topological polar surface area (TPSA) is 20.3 Å². The Morgan fingerprint density at radius 1 is 1.40 bits per heavy atom. The second kappa shape index (κ2) is 2.43. The lowest BCUT2D eigenvalue weighted by molar-refractivity contribution is -0.116. The first kappa shape index (κ1) is 8.28. The Morgan fingerprint density at radius 2 is 2.33 bits per heavy atom. The molecular formula is C13H15NO. The molecule has 0 saturated carbocycles. The summed E-state index contributed by atoms with van der Waals surface area (Å²) in [4.78, 5) is 14.1. The highest BCUT2D eigenvalue weighted by atomic mass is 16.1. The molecule has 1 saturated heterocycles. The fourth-order valence-electron chi connectivity index (χ4n) is 4.03. The van der Waals surface area contributed by atoms with Gasteiger partial charge in [-0.2, -0.15) is 0 Å². The summed E-state index contributed by atoms with van der Waals surface area (Å²) >= 11 is 0. The van der Waals surface area contributed by atoms with Crippen molar-refractivity contribution >= 4 is 5.78 Å². The Balaban J connectivity index is 1.91. The summed E-state index contributed by atoms with van der Waals surface area (Å²) in [5.74, 6) is 0.325. The number of allylic oxidation sites excluding steroid dienone is 1. The first-order valence-corrected chi connectivity index (χ1v) is 5.97. The Bertz CT molecular complexity index is 420. The number of hydrogen-bond donors (Lipinski definition) is 0. The van der Waals surface area contributed by atoms with Crippen LogP contribution >= 0.6 is 0 Å². The first-order valence-electron chi connectivity index (χ1n) is 5.97. The normalized spacial score (nSPS) is 46.3. The van der Waals surface area contributed by atoms with Gasteiger partial charge in [0.1, 0.15) is 0 Å². The van der Waals surface area contributed by atoms with Gasteiger partial charge < -0.3 is 0 Å². The Hall–Kier alpha value is -0.890. The van der Waals surface area contributed by atoms with Crippen molar-refractivity contribution in [2.45, 2.75) is 31.7 Å². The van der Waals surface area contributed by atoms with Gasteiger partial charge in [-0.3, -0.25) is 9.69 Å². The zero-order valence-corrected chi connectivity index (χ0v) is 8.83. The van der Waals surface area contributed by atoms with Crippen molar-refractivity contribution in [3.8, 4) is 0 Å². The van der Waals surface area contributed by atoms with E-state index in [1.807, 2.05) is 6.08 Å². The lowest BCUT2D eigenvalue weighted by atomic mass is 9.61. The van der Waals surface area contributed by atoms with Crippen LogP contribution in [0.15, 0.2) is 23.3 Å². The van der Waals surface area contributed by atoms with Gasteiger partial charge in [-0.05, 0) is 25.3 Å². The third-order valence-corrected chi connectivity index (χ3v) is 4.87. The molecule has 2 nitrogen and oxygen atoms in total. The van der Waals surface area contributed by atoms with E-state index in [1.165, 1.54) is 25.8 Å². The third-order valence-electron chi connectivity index (χ3n) is 4.87. The predicted molar refractivity (Wildman–Crippen MR) is 57.4 cm³/mol. The summed E-state index contributed by atoms with van der Waals surface area (Å²) in [5.41, 5.74) is 3.67. The minimum atomic E-state index is 0.291. The van der Waals surface area contributed by atoms with Crippen LogP contribution in [0.4, 0.5) is 0 Å². The summed E-state index contributed by atoms with van der Waals surface area (Å²) in [6.45, 7) is 2.35. The van der Waals surface area contributed by atoms with Crippen LogP contribution in [0.3, 0.4) is 0 Å². The van der Waals surface area contributed by atoms with Crippen LogP contribution in [0.5, 0.6) is 0 Å². The highest BCUT2D eigenvalue weighted by Crippen LogP contribution is 2.57. The molecule has 1 fully saturated rings. The number of nitrogens with zero attached hydrogens (tertiary/aromatic N) is 1. The molecule has 2 heterocycles. The average Bonchev–Trinajstić information content (AvgIpc) is 2.47. The maximum atomic E-state index is 11.5. The second-order valence-electron chi connectivity index (χ2n) is 5.36. The Morgan fingerprint density at radius 3 is 3.13 bits per heavy atom. The molecule has 4 aliphatic rings. The first-order chi connectivity index (χ1) is 7.29. The van der Waals surface area contributed by atoms with Gasteiger partial charge in [-0.15, -0.1) is 0 Å². The number of hydrogen-bond acceptors (Lipinski definition) is 2. The van der Waals surface area contributed by atoms with Gasteiger partial charge in [0.2, 0.25) is 0 Å². The second-order valence-corrected chi connectivity index (χ2v) is 5.36. The van der Waals surface area contributed by atoms with E-state index in [1.54, 1.807) is 11.1 Å². The van der Waals surface area contributed by atoms with Crippen molar-refractivity contribution < 1.29 is 4.79 Å². The zero-order valence-electron chi connectivity index (χ0n) is 8.83. The van der Waals surface area contributed by atoms with E-state index in [-0.39, 0.29) is 0 Å². The molecule has 78 valence electrons. The molecule has 0 aromatic rings.